The average molecular weight is 242 g/mol. The molecule has 0 saturated carbocycles. The molecule has 0 bridgehead atoms. The molecule has 1 aromatic rings. The van der Waals surface area contributed by atoms with E-state index in [1.54, 1.807) is 12.1 Å². The summed E-state index contributed by atoms with van der Waals surface area (Å²) in [5, 5.41) is 7.95. The molecule has 1 aliphatic rings. The smallest absolute Gasteiger partial charge is 0.233 e. The highest BCUT2D eigenvalue weighted by Gasteiger charge is 2.09. The second-order valence-electron chi connectivity index (χ2n) is 3.95. The van der Waals surface area contributed by atoms with E-state index < -0.39 is 0 Å². The van der Waals surface area contributed by atoms with Gasteiger partial charge in [-0.05, 0) is 32.0 Å². The number of halogens is 1. The topological polar surface area (TPSA) is 38.2 Å². The molecule has 4 nitrogen and oxygen atoms in total. The quantitative estimate of drug-likeness (QED) is 0.808. The van der Waals surface area contributed by atoms with Gasteiger partial charge >= 0.3 is 0 Å². The second-order valence-corrected chi connectivity index (χ2v) is 4.33. The van der Waals surface area contributed by atoms with Crippen LogP contribution in [0.2, 0.25) is 5.15 Å². The van der Waals surface area contributed by atoms with E-state index in [9.17, 15) is 0 Å². The fourth-order valence-corrected chi connectivity index (χ4v) is 1.94. The molecule has 88 valence electrons. The predicted molar refractivity (Wildman–Crippen MR) is 62.8 cm³/mol. The van der Waals surface area contributed by atoms with Gasteiger partial charge in [-0.3, -0.25) is 4.90 Å². The molecule has 0 unspecified atom stereocenters. The van der Waals surface area contributed by atoms with Gasteiger partial charge in [-0.1, -0.05) is 18.0 Å². The van der Waals surface area contributed by atoms with Crippen molar-refractivity contribution in [3.63, 3.8) is 0 Å². The molecule has 2 heterocycles. The number of hydrogen-bond acceptors (Lipinski definition) is 4. The molecule has 16 heavy (non-hydrogen) atoms. The molecule has 5 heteroatoms. The summed E-state index contributed by atoms with van der Waals surface area (Å²) < 4.78 is 5.49. The van der Waals surface area contributed by atoms with Crippen molar-refractivity contribution < 1.29 is 4.74 Å². The fraction of sp³-hybridized carbons (Fsp3) is 0.636. The van der Waals surface area contributed by atoms with Crippen LogP contribution in [0.1, 0.15) is 19.3 Å². The SMILES string of the molecule is Clc1ccc(OCCN2CCCCC2)nn1. The molecule has 0 amide bonds. The maximum atomic E-state index is 5.63. The van der Waals surface area contributed by atoms with E-state index in [1.165, 1.54) is 32.4 Å². The standard InChI is InChI=1S/C11H16ClN3O/c12-10-4-5-11(14-13-10)16-9-8-15-6-2-1-3-7-15/h4-5H,1-3,6-9H2. The molecule has 0 aliphatic carbocycles. The first-order chi connectivity index (χ1) is 7.84. The summed E-state index contributed by atoms with van der Waals surface area (Å²) in [6, 6.07) is 3.43. The van der Waals surface area contributed by atoms with Gasteiger partial charge in [-0.15, -0.1) is 10.2 Å². The molecule has 1 fully saturated rings. The molecule has 0 radical (unpaired) electrons. The number of rotatable bonds is 4. The van der Waals surface area contributed by atoms with Gasteiger partial charge in [0.2, 0.25) is 5.88 Å². The van der Waals surface area contributed by atoms with Crippen molar-refractivity contribution in [2.75, 3.05) is 26.2 Å². The summed E-state index contributed by atoms with van der Waals surface area (Å²) in [5.41, 5.74) is 0. The van der Waals surface area contributed by atoms with Gasteiger partial charge in [0, 0.05) is 12.6 Å². The molecule has 2 rings (SSSR count). The van der Waals surface area contributed by atoms with E-state index >= 15 is 0 Å². The highest BCUT2D eigenvalue weighted by molar-refractivity contribution is 6.29. The van der Waals surface area contributed by atoms with Crippen LogP contribution in [-0.2, 0) is 0 Å². The van der Waals surface area contributed by atoms with Crippen LogP contribution < -0.4 is 4.74 Å². The van der Waals surface area contributed by atoms with E-state index in [-0.39, 0.29) is 0 Å². The minimum absolute atomic E-state index is 0.392. The minimum atomic E-state index is 0.392. The van der Waals surface area contributed by atoms with Gasteiger partial charge in [0.25, 0.3) is 0 Å². The summed E-state index contributed by atoms with van der Waals surface area (Å²) in [6.45, 7) is 4.01. The van der Waals surface area contributed by atoms with Gasteiger partial charge in [0.15, 0.2) is 5.15 Å². The lowest BCUT2D eigenvalue weighted by Gasteiger charge is -2.25. The lowest BCUT2D eigenvalue weighted by molar-refractivity contribution is 0.180. The first-order valence-corrected chi connectivity index (χ1v) is 6.07. The minimum Gasteiger partial charge on any atom is -0.475 e. The molecule has 0 aromatic carbocycles. The Balaban J connectivity index is 1.69. The highest BCUT2D eigenvalue weighted by atomic mass is 35.5. The molecule has 1 saturated heterocycles. The van der Waals surface area contributed by atoms with Crippen LogP contribution in [0.15, 0.2) is 12.1 Å². The highest BCUT2D eigenvalue weighted by Crippen LogP contribution is 2.10. The summed E-state index contributed by atoms with van der Waals surface area (Å²) in [5.74, 6) is 0.543. The van der Waals surface area contributed by atoms with Crippen molar-refractivity contribution in [1.82, 2.24) is 15.1 Å². The van der Waals surface area contributed by atoms with Crippen LogP contribution in [-0.4, -0.2) is 41.3 Å². The number of piperidine rings is 1. The van der Waals surface area contributed by atoms with E-state index in [4.69, 9.17) is 16.3 Å². The Morgan fingerprint density at radius 3 is 2.69 bits per heavy atom. The second kappa shape index (κ2) is 6.01. The Kier molecular flexibility index (Phi) is 4.36. The number of aromatic nitrogens is 2. The maximum absolute atomic E-state index is 5.63. The van der Waals surface area contributed by atoms with Crippen LogP contribution in [0.5, 0.6) is 5.88 Å². The monoisotopic (exact) mass is 241 g/mol. The number of nitrogens with zero attached hydrogens (tertiary/aromatic N) is 3. The molecule has 0 spiro atoms. The van der Waals surface area contributed by atoms with Crippen molar-refractivity contribution in [1.29, 1.82) is 0 Å². The number of ether oxygens (including phenoxy) is 1. The van der Waals surface area contributed by atoms with Gasteiger partial charge in [-0.25, -0.2) is 0 Å². The Morgan fingerprint density at radius 1 is 1.19 bits per heavy atom. The molecule has 1 aromatic heterocycles. The molecular weight excluding hydrogens is 226 g/mol. The van der Waals surface area contributed by atoms with Crippen LogP contribution in [0.3, 0.4) is 0 Å². The molecular formula is C11H16ClN3O. The Hall–Kier alpha value is -0.870. The fourth-order valence-electron chi connectivity index (χ4n) is 1.84. The Labute approximate surface area is 101 Å². The molecule has 0 N–H and O–H groups in total. The Morgan fingerprint density at radius 2 is 2.00 bits per heavy atom. The summed E-state index contributed by atoms with van der Waals surface area (Å²) >= 11 is 5.63. The maximum Gasteiger partial charge on any atom is 0.233 e. The van der Waals surface area contributed by atoms with E-state index in [0.717, 1.165) is 6.54 Å². The normalized spacial score (nSPS) is 17.3. The van der Waals surface area contributed by atoms with Crippen molar-refractivity contribution in [3.8, 4) is 5.88 Å². The molecule has 0 atom stereocenters. The van der Waals surface area contributed by atoms with Crippen LogP contribution >= 0.6 is 11.6 Å². The van der Waals surface area contributed by atoms with Crippen molar-refractivity contribution in [2.45, 2.75) is 19.3 Å². The first-order valence-electron chi connectivity index (χ1n) is 5.69. The third-order valence-corrected chi connectivity index (χ3v) is 2.92. The van der Waals surface area contributed by atoms with Gasteiger partial charge < -0.3 is 4.74 Å². The summed E-state index contributed by atoms with van der Waals surface area (Å²) in [4.78, 5) is 2.42. The number of likely N-dealkylation sites (tertiary alicyclic amines) is 1. The first kappa shape index (κ1) is 11.6. The zero-order valence-corrected chi connectivity index (χ0v) is 9.99. The lowest BCUT2D eigenvalue weighted by atomic mass is 10.1. The molecule has 1 aliphatic heterocycles. The van der Waals surface area contributed by atoms with Crippen molar-refractivity contribution in [3.05, 3.63) is 17.3 Å². The average Bonchev–Trinajstić information content (AvgIpc) is 2.33. The lowest BCUT2D eigenvalue weighted by Crippen LogP contribution is -2.33. The van der Waals surface area contributed by atoms with Crippen molar-refractivity contribution in [2.24, 2.45) is 0 Å². The zero-order chi connectivity index (χ0) is 11.2. The summed E-state index contributed by atoms with van der Waals surface area (Å²) in [7, 11) is 0. The van der Waals surface area contributed by atoms with E-state index in [2.05, 4.69) is 15.1 Å². The van der Waals surface area contributed by atoms with Gasteiger partial charge in [0.05, 0.1) is 0 Å². The predicted octanol–water partition coefficient (Wildman–Crippen LogP) is 1.99. The van der Waals surface area contributed by atoms with Crippen LogP contribution in [0.4, 0.5) is 0 Å². The largest absolute Gasteiger partial charge is 0.475 e. The Bertz CT molecular complexity index is 312. The zero-order valence-electron chi connectivity index (χ0n) is 9.23. The third kappa shape index (κ3) is 3.61. The van der Waals surface area contributed by atoms with E-state index in [0.29, 0.717) is 17.6 Å². The van der Waals surface area contributed by atoms with Crippen LogP contribution in [0, 0.1) is 0 Å². The third-order valence-electron chi connectivity index (χ3n) is 2.71. The summed E-state index contributed by atoms with van der Waals surface area (Å²) in [6.07, 6.45) is 3.97. The van der Waals surface area contributed by atoms with Crippen LogP contribution in [0.25, 0.3) is 0 Å². The van der Waals surface area contributed by atoms with Crippen molar-refractivity contribution >= 4 is 11.6 Å². The van der Waals surface area contributed by atoms with Gasteiger partial charge in [-0.2, -0.15) is 0 Å². The number of hydrogen-bond donors (Lipinski definition) is 0. The van der Waals surface area contributed by atoms with Gasteiger partial charge in [0.1, 0.15) is 6.61 Å². The van der Waals surface area contributed by atoms with E-state index in [1.807, 2.05) is 0 Å².